The van der Waals surface area contributed by atoms with Crippen molar-refractivity contribution >= 4 is 34.0 Å². The predicted octanol–water partition coefficient (Wildman–Crippen LogP) is 4.42. The Kier molecular flexibility index (Phi) is 9.79. The number of aliphatic hydroxyl groups is 1. The van der Waals surface area contributed by atoms with Crippen LogP contribution in [0.2, 0.25) is 0 Å². The number of piperidine rings is 2. The number of anilines is 2. The molecule has 0 spiro atoms. The Morgan fingerprint density at radius 3 is 2.43 bits per heavy atom. The molecule has 2 aromatic heterocycles. The van der Waals surface area contributed by atoms with E-state index in [4.69, 9.17) is 15.5 Å². The number of nitrogens with two attached hydrogens (primary N) is 1. The zero-order chi connectivity index (χ0) is 35.7. The average Bonchev–Trinajstić information content (AvgIpc) is 3.82. The molecule has 3 aliphatic rings. The third kappa shape index (κ3) is 7.33. The van der Waals surface area contributed by atoms with E-state index in [-0.39, 0.29) is 60.4 Å². The van der Waals surface area contributed by atoms with Crippen LogP contribution in [0.4, 0.5) is 15.2 Å². The molecule has 2 atom stereocenters. The Hall–Kier alpha value is -4.82. The van der Waals surface area contributed by atoms with E-state index in [1.165, 1.54) is 46.5 Å². The van der Waals surface area contributed by atoms with Crippen molar-refractivity contribution in [1.29, 1.82) is 0 Å². The Balaban J connectivity index is 1.01. The van der Waals surface area contributed by atoms with Crippen LogP contribution in [0.1, 0.15) is 59.0 Å². The van der Waals surface area contributed by atoms with E-state index in [1.54, 1.807) is 4.90 Å². The standard InChI is InChI=1S/C37H42FN7O5S/c1-24-31(51-36(41-24)43-16-5-6-17-43)35(48)44-18-13-28(29(21-44)25-7-3-2-4-8-25)33(46)42-19-14-37(49,15-20-42)22-45-23-40-32(30(39)34(45)47)50-27-11-9-26(38)10-12-27/h2-4,7-12,23,28-29,49H,5-6,13-22,39H2,1H3/t28-,29+/m1/s1. The van der Waals surface area contributed by atoms with Gasteiger partial charge in [0.1, 0.15) is 22.8 Å². The van der Waals surface area contributed by atoms with Gasteiger partial charge in [0.15, 0.2) is 10.8 Å². The molecule has 3 aliphatic heterocycles. The number of aryl methyl sites for hydroxylation is 1. The predicted molar refractivity (Wildman–Crippen MR) is 192 cm³/mol. The lowest BCUT2D eigenvalue weighted by Gasteiger charge is -2.43. The van der Waals surface area contributed by atoms with Gasteiger partial charge in [-0.25, -0.2) is 14.4 Å². The van der Waals surface area contributed by atoms with Crippen LogP contribution in [0.15, 0.2) is 65.7 Å². The third-order valence-corrected chi connectivity index (χ3v) is 11.5. The number of carbonyl (C=O) groups is 2. The highest BCUT2D eigenvalue weighted by atomic mass is 32.1. The SMILES string of the molecule is Cc1nc(N2CCCC2)sc1C(=O)N1CC[C@@H](C(=O)N2CCC(O)(Cn3cnc(Oc4ccc(F)cc4)c(N)c3=O)CC2)[C@H](c2ccccc2)C1. The largest absolute Gasteiger partial charge is 0.437 e. The summed E-state index contributed by atoms with van der Waals surface area (Å²) in [6, 6.07) is 15.1. The van der Waals surface area contributed by atoms with E-state index >= 15 is 0 Å². The summed E-state index contributed by atoms with van der Waals surface area (Å²) in [6.07, 6.45) is 4.58. The number of likely N-dealkylation sites (tertiary alicyclic amines) is 2. The molecule has 0 bridgehead atoms. The van der Waals surface area contributed by atoms with Gasteiger partial charge in [-0.15, -0.1) is 0 Å². The van der Waals surface area contributed by atoms with Gasteiger partial charge < -0.3 is 30.3 Å². The summed E-state index contributed by atoms with van der Waals surface area (Å²) < 4.78 is 20.1. The van der Waals surface area contributed by atoms with Crippen LogP contribution in [0, 0.1) is 18.7 Å². The van der Waals surface area contributed by atoms with E-state index in [1.807, 2.05) is 42.2 Å². The van der Waals surface area contributed by atoms with Crippen molar-refractivity contribution in [3.05, 3.63) is 93.2 Å². The average molecular weight is 716 g/mol. The number of amides is 2. The van der Waals surface area contributed by atoms with Gasteiger partial charge in [-0.2, -0.15) is 0 Å². The van der Waals surface area contributed by atoms with Crippen LogP contribution in [0.5, 0.6) is 11.6 Å². The third-order valence-electron chi connectivity index (χ3n) is 10.3. The van der Waals surface area contributed by atoms with Crippen molar-refractivity contribution in [2.75, 3.05) is 49.9 Å². The highest BCUT2D eigenvalue weighted by molar-refractivity contribution is 7.17. The molecule has 12 nitrogen and oxygen atoms in total. The molecule has 5 heterocycles. The fourth-order valence-electron chi connectivity index (χ4n) is 7.39. The first-order valence-electron chi connectivity index (χ1n) is 17.4. The number of nitrogen functional groups attached to an aromatic ring is 1. The maximum absolute atomic E-state index is 14.2. The van der Waals surface area contributed by atoms with Crippen LogP contribution in [-0.2, 0) is 11.3 Å². The molecular formula is C37H42FN7O5S. The molecule has 268 valence electrons. The number of aromatic nitrogens is 3. The van der Waals surface area contributed by atoms with E-state index in [2.05, 4.69) is 9.88 Å². The van der Waals surface area contributed by atoms with Crippen LogP contribution in [-0.4, -0.2) is 86.1 Å². The zero-order valence-electron chi connectivity index (χ0n) is 28.5. The summed E-state index contributed by atoms with van der Waals surface area (Å²) in [6.45, 7) is 5.29. The number of ether oxygens (including phenoxy) is 1. The number of hydrogen-bond donors (Lipinski definition) is 2. The second-order valence-corrected chi connectivity index (χ2v) is 14.7. The van der Waals surface area contributed by atoms with Gasteiger partial charge >= 0.3 is 0 Å². The molecule has 2 aromatic carbocycles. The Labute approximate surface area is 299 Å². The quantitative estimate of drug-likeness (QED) is 0.271. The van der Waals surface area contributed by atoms with Crippen LogP contribution >= 0.6 is 11.3 Å². The second-order valence-electron chi connectivity index (χ2n) is 13.8. The smallest absolute Gasteiger partial charge is 0.280 e. The molecule has 0 saturated carbocycles. The lowest BCUT2D eigenvalue weighted by Crippen LogP contribution is -2.53. The minimum Gasteiger partial charge on any atom is -0.437 e. The number of carbonyl (C=O) groups excluding carboxylic acids is 2. The normalized spacial score (nSPS) is 20.4. The molecule has 3 saturated heterocycles. The van der Waals surface area contributed by atoms with Crippen molar-refractivity contribution in [3.8, 4) is 11.6 Å². The van der Waals surface area contributed by atoms with E-state index < -0.39 is 17.0 Å². The lowest BCUT2D eigenvalue weighted by molar-refractivity contribution is -0.142. The topological polar surface area (TPSA) is 147 Å². The lowest BCUT2D eigenvalue weighted by atomic mass is 9.79. The molecule has 0 radical (unpaired) electrons. The van der Waals surface area contributed by atoms with Gasteiger partial charge in [0.25, 0.3) is 11.5 Å². The van der Waals surface area contributed by atoms with Crippen molar-refractivity contribution < 1.29 is 23.8 Å². The maximum atomic E-state index is 14.2. The van der Waals surface area contributed by atoms with Gasteiger partial charge in [0.05, 0.1) is 17.8 Å². The molecule has 7 rings (SSSR count). The first-order chi connectivity index (χ1) is 24.6. The van der Waals surface area contributed by atoms with Gasteiger partial charge in [0, 0.05) is 51.1 Å². The summed E-state index contributed by atoms with van der Waals surface area (Å²) in [5.74, 6) is -0.806. The molecule has 3 fully saturated rings. The number of thiazole rings is 1. The minimum atomic E-state index is -1.26. The van der Waals surface area contributed by atoms with Gasteiger partial charge in [-0.1, -0.05) is 41.7 Å². The molecule has 51 heavy (non-hydrogen) atoms. The van der Waals surface area contributed by atoms with Gasteiger partial charge in [0.2, 0.25) is 11.8 Å². The number of nitrogens with zero attached hydrogens (tertiary/aromatic N) is 6. The Morgan fingerprint density at radius 2 is 1.73 bits per heavy atom. The molecule has 4 aromatic rings. The van der Waals surface area contributed by atoms with Crippen LogP contribution in [0.25, 0.3) is 0 Å². The Bertz CT molecular complexity index is 1940. The fraction of sp³-hybridized carbons (Fsp3) is 0.432. The molecule has 14 heteroatoms. The summed E-state index contributed by atoms with van der Waals surface area (Å²) in [5, 5.41) is 12.4. The molecule has 3 N–H and O–H groups in total. The monoisotopic (exact) mass is 715 g/mol. The number of halogens is 1. The van der Waals surface area contributed by atoms with Crippen LogP contribution in [0.3, 0.4) is 0 Å². The highest BCUT2D eigenvalue weighted by Crippen LogP contribution is 2.37. The molecule has 0 unspecified atom stereocenters. The summed E-state index contributed by atoms with van der Waals surface area (Å²) >= 11 is 1.46. The molecular weight excluding hydrogens is 674 g/mol. The zero-order valence-corrected chi connectivity index (χ0v) is 29.4. The van der Waals surface area contributed by atoms with Gasteiger partial charge in [-0.3, -0.25) is 19.0 Å². The minimum absolute atomic E-state index is 0.00802. The van der Waals surface area contributed by atoms with Crippen LogP contribution < -0.4 is 20.9 Å². The summed E-state index contributed by atoms with van der Waals surface area (Å²) in [4.78, 5) is 56.6. The van der Waals surface area contributed by atoms with Crippen molar-refractivity contribution in [3.63, 3.8) is 0 Å². The van der Waals surface area contributed by atoms with E-state index in [0.29, 0.717) is 37.5 Å². The fourth-order valence-corrected chi connectivity index (χ4v) is 8.48. The summed E-state index contributed by atoms with van der Waals surface area (Å²) in [5.41, 5.74) is 5.75. The first kappa shape index (κ1) is 34.6. The van der Waals surface area contributed by atoms with E-state index in [9.17, 15) is 23.9 Å². The first-order valence-corrected chi connectivity index (χ1v) is 18.3. The van der Waals surface area contributed by atoms with E-state index in [0.717, 1.165) is 42.3 Å². The summed E-state index contributed by atoms with van der Waals surface area (Å²) in [7, 11) is 0. The molecule has 0 aliphatic carbocycles. The van der Waals surface area contributed by atoms with Gasteiger partial charge in [-0.05, 0) is 68.9 Å². The second kappa shape index (κ2) is 14.4. The highest BCUT2D eigenvalue weighted by Gasteiger charge is 2.42. The van der Waals surface area contributed by atoms with Crippen molar-refractivity contribution in [1.82, 2.24) is 24.3 Å². The maximum Gasteiger partial charge on any atom is 0.280 e. The van der Waals surface area contributed by atoms with Crippen molar-refractivity contribution in [2.45, 2.75) is 57.1 Å². The van der Waals surface area contributed by atoms with Crippen molar-refractivity contribution in [2.24, 2.45) is 5.92 Å². The molecule has 2 amide bonds. The number of hydrogen-bond acceptors (Lipinski definition) is 10. The Morgan fingerprint density at radius 1 is 1.02 bits per heavy atom. The number of rotatable bonds is 8. The number of benzene rings is 2.